The molecular formula is C24H33N3O4. The Morgan fingerprint density at radius 2 is 1.61 bits per heavy atom. The highest BCUT2D eigenvalue weighted by Crippen LogP contribution is 2.46. The standard InChI is InChI=1S/C24H33N3O4/c1-15(2)19-14-20(19)21(25-23(30)17-10-6-4-7-11-17)22(29)24(31)26-27(16(3)28)18-12-8-5-9-13-18/h5,8-9,12-13,15,17,19-21H,4,6-7,10-11,14H2,1-3H3,(H,25,30)(H,26,31)/t19-,20-,21?/m0/s1. The van der Waals surface area contributed by atoms with Gasteiger partial charge < -0.3 is 5.32 Å². The van der Waals surface area contributed by atoms with Crippen LogP contribution >= 0.6 is 0 Å². The summed E-state index contributed by atoms with van der Waals surface area (Å²) in [5.41, 5.74) is 2.90. The topological polar surface area (TPSA) is 95.6 Å². The highest BCUT2D eigenvalue weighted by Gasteiger charge is 2.49. The summed E-state index contributed by atoms with van der Waals surface area (Å²) in [7, 11) is 0. The van der Waals surface area contributed by atoms with E-state index in [9.17, 15) is 19.2 Å². The predicted molar refractivity (Wildman–Crippen MR) is 118 cm³/mol. The van der Waals surface area contributed by atoms with E-state index in [0.717, 1.165) is 43.5 Å². The molecule has 1 aromatic rings. The average molecular weight is 428 g/mol. The van der Waals surface area contributed by atoms with Gasteiger partial charge in [-0.3, -0.25) is 24.6 Å². The van der Waals surface area contributed by atoms with Crippen molar-refractivity contribution >= 4 is 29.2 Å². The number of amides is 3. The Balaban J connectivity index is 1.73. The van der Waals surface area contributed by atoms with Gasteiger partial charge in [0.15, 0.2) is 0 Å². The van der Waals surface area contributed by atoms with Gasteiger partial charge in [0.2, 0.25) is 17.6 Å². The second kappa shape index (κ2) is 10.1. The van der Waals surface area contributed by atoms with E-state index >= 15 is 0 Å². The van der Waals surface area contributed by atoms with Gasteiger partial charge in [-0.15, -0.1) is 0 Å². The number of hydrogen-bond acceptors (Lipinski definition) is 4. The van der Waals surface area contributed by atoms with E-state index in [1.54, 1.807) is 30.3 Å². The molecule has 0 bridgehead atoms. The largest absolute Gasteiger partial charge is 0.345 e. The molecule has 0 radical (unpaired) electrons. The monoisotopic (exact) mass is 427 g/mol. The quantitative estimate of drug-likeness (QED) is 0.517. The number of anilines is 1. The summed E-state index contributed by atoms with van der Waals surface area (Å²) in [6.45, 7) is 5.49. The molecule has 3 atom stereocenters. The Bertz CT molecular complexity index is 817. The highest BCUT2D eigenvalue weighted by molar-refractivity contribution is 6.39. The molecule has 3 amide bonds. The van der Waals surface area contributed by atoms with Crippen molar-refractivity contribution in [2.24, 2.45) is 23.7 Å². The maximum atomic E-state index is 13.1. The van der Waals surface area contributed by atoms with Crippen LogP contribution in [0.4, 0.5) is 5.69 Å². The van der Waals surface area contributed by atoms with Gasteiger partial charge in [-0.05, 0) is 49.1 Å². The number of ketones is 1. The number of carbonyl (C=O) groups excluding carboxylic acids is 4. The number of Topliss-reactive ketones (excluding diaryl/α,β-unsaturated/α-hetero) is 1. The van der Waals surface area contributed by atoms with Crippen LogP contribution in [0.2, 0.25) is 0 Å². The summed E-state index contributed by atoms with van der Waals surface area (Å²) >= 11 is 0. The van der Waals surface area contributed by atoms with Crippen molar-refractivity contribution in [1.82, 2.24) is 10.7 Å². The lowest BCUT2D eigenvalue weighted by Gasteiger charge is -2.26. The molecule has 0 aromatic heterocycles. The predicted octanol–water partition coefficient (Wildman–Crippen LogP) is 3.00. The fourth-order valence-electron chi connectivity index (χ4n) is 4.59. The molecule has 2 aliphatic rings. The van der Waals surface area contributed by atoms with Crippen LogP contribution in [0.5, 0.6) is 0 Å². The first-order valence-electron chi connectivity index (χ1n) is 11.3. The molecular weight excluding hydrogens is 394 g/mol. The molecule has 0 saturated heterocycles. The molecule has 0 spiro atoms. The summed E-state index contributed by atoms with van der Waals surface area (Å²) in [6, 6.07) is 7.76. The van der Waals surface area contributed by atoms with Crippen molar-refractivity contribution in [3.63, 3.8) is 0 Å². The second-order valence-electron chi connectivity index (χ2n) is 9.12. The van der Waals surface area contributed by atoms with Crippen LogP contribution < -0.4 is 15.8 Å². The zero-order valence-electron chi connectivity index (χ0n) is 18.6. The molecule has 2 aliphatic carbocycles. The number of hydrazine groups is 1. The lowest BCUT2D eigenvalue weighted by molar-refractivity contribution is -0.141. The Morgan fingerprint density at radius 3 is 2.16 bits per heavy atom. The third-order valence-electron chi connectivity index (χ3n) is 6.50. The van der Waals surface area contributed by atoms with Crippen molar-refractivity contribution < 1.29 is 19.2 Å². The second-order valence-corrected chi connectivity index (χ2v) is 9.12. The van der Waals surface area contributed by atoms with Crippen molar-refractivity contribution in [2.75, 3.05) is 5.01 Å². The van der Waals surface area contributed by atoms with Crippen molar-refractivity contribution in [2.45, 2.75) is 65.3 Å². The van der Waals surface area contributed by atoms with Gasteiger partial charge in [-0.25, -0.2) is 5.01 Å². The molecule has 1 unspecified atom stereocenters. The molecule has 7 nitrogen and oxygen atoms in total. The molecule has 0 heterocycles. The number of benzene rings is 1. The molecule has 31 heavy (non-hydrogen) atoms. The minimum atomic E-state index is -0.887. The zero-order chi connectivity index (χ0) is 22.5. The average Bonchev–Trinajstić information content (AvgIpc) is 3.57. The van der Waals surface area contributed by atoms with E-state index < -0.39 is 23.6 Å². The first kappa shape index (κ1) is 23.0. The Kier molecular flexibility index (Phi) is 7.46. The normalized spacial score (nSPS) is 21.8. The van der Waals surface area contributed by atoms with Gasteiger partial charge in [0.1, 0.15) is 6.04 Å². The summed E-state index contributed by atoms with van der Waals surface area (Å²) in [5.74, 6) is -1.61. The minimum Gasteiger partial charge on any atom is -0.345 e. The van der Waals surface area contributed by atoms with Gasteiger partial charge in [0.05, 0.1) is 5.69 Å². The molecule has 7 heteroatoms. The molecule has 1 aromatic carbocycles. The van der Waals surface area contributed by atoms with Crippen LogP contribution in [-0.2, 0) is 19.2 Å². The number of para-hydroxylation sites is 1. The SMILES string of the molecule is CC(=O)N(NC(=O)C(=O)C(NC(=O)C1CCCCC1)[C@H]1C[C@H]1C(C)C)c1ccccc1. The number of nitrogens with zero attached hydrogens (tertiary/aromatic N) is 1. The van der Waals surface area contributed by atoms with E-state index in [-0.39, 0.29) is 17.7 Å². The molecule has 168 valence electrons. The van der Waals surface area contributed by atoms with Gasteiger partial charge in [0, 0.05) is 12.8 Å². The first-order chi connectivity index (χ1) is 14.8. The Labute approximate surface area is 183 Å². The highest BCUT2D eigenvalue weighted by atomic mass is 16.2. The van der Waals surface area contributed by atoms with Crippen LogP contribution in [0.3, 0.4) is 0 Å². The summed E-state index contributed by atoms with van der Waals surface area (Å²) in [4.78, 5) is 50.9. The molecule has 2 fully saturated rings. The van der Waals surface area contributed by atoms with Crippen molar-refractivity contribution in [1.29, 1.82) is 0 Å². The summed E-state index contributed by atoms with van der Waals surface area (Å²) in [6.07, 6.45) is 5.61. The Morgan fingerprint density at radius 1 is 0.968 bits per heavy atom. The van der Waals surface area contributed by atoms with E-state index in [1.165, 1.54) is 6.92 Å². The van der Waals surface area contributed by atoms with E-state index in [0.29, 0.717) is 17.5 Å². The molecule has 2 N–H and O–H groups in total. The minimum absolute atomic E-state index is 0.0479. The van der Waals surface area contributed by atoms with Gasteiger partial charge in [-0.2, -0.15) is 0 Å². The van der Waals surface area contributed by atoms with Gasteiger partial charge in [-0.1, -0.05) is 51.3 Å². The Hall–Kier alpha value is -2.70. The van der Waals surface area contributed by atoms with Crippen LogP contribution in [0.15, 0.2) is 30.3 Å². The van der Waals surface area contributed by atoms with E-state index in [2.05, 4.69) is 24.6 Å². The molecule has 2 saturated carbocycles. The summed E-state index contributed by atoms with van der Waals surface area (Å²) < 4.78 is 0. The van der Waals surface area contributed by atoms with E-state index in [4.69, 9.17) is 0 Å². The fraction of sp³-hybridized carbons (Fsp3) is 0.583. The maximum absolute atomic E-state index is 13.1. The van der Waals surface area contributed by atoms with Crippen LogP contribution in [0.25, 0.3) is 0 Å². The van der Waals surface area contributed by atoms with Crippen LogP contribution in [0, 0.1) is 23.7 Å². The molecule has 3 rings (SSSR count). The van der Waals surface area contributed by atoms with Crippen LogP contribution in [0.1, 0.15) is 59.3 Å². The third kappa shape index (κ3) is 5.71. The molecule has 0 aliphatic heterocycles. The third-order valence-corrected chi connectivity index (χ3v) is 6.50. The number of rotatable bonds is 7. The van der Waals surface area contributed by atoms with Gasteiger partial charge >= 0.3 is 5.91 Å². The number of carbonyl (C=O) groups is 4. The van der Waals surface area contributed by atoms with Crippen LogP contribution in [-0.4, -0.2) is 29.5 Å². The lowest BCUT2D eigenvalue weighted by atomic mass is 9.88. The zero-order valence-corrected chi connectivity index (χ0v) is 18.6. The number of nitrogens with one attached hydrogen (secondary N) is 2. The van der Waals surface area contributed by atoms with E-state index in [1.807, 2.05) is 0 Å². The number of hydrogen-bond donors (Lipinski definition) is 2. The first-order valence-corrected chi connectivity index (χ1v) is 11.3. The lowest BCUT2D eigenvalue weighted by Crippen LogP contribution is -2.55. The maximum Gasteiger partial charge on any atom is 0.308 e. The smallest absolute Gasteiger partial charge is 0.308 e. The van der Waals surface area contributed by atoms with Crippen molar-refractivity contribution in [3.8, 4) is 0 Å². The van der Waals surface area contributed by atoms with Gasteiger partial charge in [0.25, 0.3) is 0 Å². The van der Waals surface area contributed by atoms with Crippen molar-refractivity contribution in [3.05, 3.63) is 30.3 Å². The fourth-order valence-corrected chi connectivity index (χ4v) is 4.59. The summed E-state index contributed by atoms with van der Waals surface area (Å²) in [5, 5.41) is 3.97.